The second kappa shape index (κ2) is 5.66. The van der Waals surface area contributed by atoms with E-state index in [4.69, 9.17) is 0 Å². The van der Waals surface area contributed by atoms with E-state index in [1.807, 2.05) is 55.5 Å². The van der Waals surface area contributed by atoms with Crippen LogP contribution in [0.1, 0.15) is 29.3 Å². The van der Waals surface area contributed by atoms with Crippen LogP contribution in [-0.2, 0) is 6.54 Å². The maximum atomic E-state index is 12.2. The summed E-state index contributed by atoms with van der Waals surface area (Å²) in [6, 6.07) is 15.4. The second-order valence-corrected chi connectivity index (χ2v) is 5.89. The molecule has 0 spiro atoms. The summed E-state index contributed by atoms with van der Waals surface area (Å²) in [5.74, 6) is 0.104. The van der Waals surface area contributed by atoms with Crippen LogP contribution in [0.2, 0.25) is 0 Å². The van der Waals surface area contributed by atoms with Gasteiger partial charge in [0.2, 0.25) is 0 Å². The Hall–Kier alpha value is -2.20. The summed E-state index contributed by atoms with van der Waals surface area (Å²) in [6.45, 7) is 2.40. The van der Waals surface area contributed by atoms with Crippen molar-refractivity contribution >= 4 is 27.3 Å². The summed E-state index contributed by atoms with van der Waals surface area (Å²) in [6.07, 6.45) is 0.477. The Bertz CT molecular complexity index is 846. The van der Waals surface area contributed by atoms with Crippen molar-refractivity contribution in [2.45, 2.75) is 19.9 Å². The zero-order chi connectivity index (χ0) is 14.8. The van der Waals surface area contributed by atoms with Gasteiger partial charge in [-0.2, -0.15) is 0 Å². The number of thiazole rings is 1. The quantitative estimate of drug-likeness (QED) is 0.689. The first-order valence-electron chi connectivity index (χ1n) is 6.89. The van der Waals surface area contributed by atoms with E-state index in [-0.39, 0.29) is 10.7 Å². The molecule has 0 N–H and O–H groups in total. The molecule has 0 fully saturated rings. The van der Waals surface area contributed by atoms with Gasteiger partial charge in [0.1, 0.15) is 0 Å². The van der Waals surface area contributed by atoms with Crippen LogP contribution in [0.5, 0.6) is 0 Å². The van der Waals surface area contributed by atoms with E-state index in [2.05, 4.69) is 0 Å². The lowest BCUT2D eigenvalue weighted by molar-refractivity contribution is 0.0988. The molecule has 0 saturated carbocycles. The number of nitrogens with zero attached hydrogens (tertiary/aromatic N) is 1. The van der Waals surface area contributed by atoms with Crippen molar-refractivity contribution in [3.8, 4) is 0 Å². The highest BCUT2D eigenvalue weighted by molar-refractivity contribution is 7.16. The molecule has 3 rings (SSSR count). The summed E-state index contributed by atoms with van der Waals surface area (Å²) in [5, 5.41) is 0. The normalized spacial score (nSPS) is 10.9. The van der Waals surface area contributed by atoms with Gasteiger partial charge in [-0.3, -0.25) is 14.2 Å². The number of benzene rings is 2. The molecule has 0 atom stereocenters. The highest BCUT2D eigenvalue weighted by Crippen LogP contribution is 2.21. The Balaban J connectivity index is 2.06. The molecule has 1 heterocycles. The lowest BCUT2D eigenvalue weighted by Gasteiger charge is -2.04. The number of fused-ring (bicyclic) bond motifs is 1. The van der Waals surface area contributed by atoms with Gasteiger partial charge in [0.15, 0.2) is 5.78 Å². The van der Waals surface area contributed by atoms with Crippen LogP contribution in [0.15, 0.2) is 53.3 Å². The summed E-state index contributed by atoms with van der Waals surface area (Å²) in [4.78, 5) is 24.0. The number of carbonyl (C=O) groups is 1. The van der Waals surface area contributed by atoms with E-state index in [1.165, 1.54) is 11.3 Å². The van der Waals surface area contributed by atoms with E-state index in [1.54, 1.807) is 4.57 Å². The Morgan fingerprint density at radius 1 is 1.14 bits per heavy atom. The van der Waals surface area contributed by atoms with Gasteiger partial charge in [0.05, 0.1) is 16.8 Å². The number of carbonyl (C=O) groups excluding carboxylic acids is 1. The molecule has 0 aliphatic heterocycles. The van der Waals surface area contributed by atoms with Gasteiger partial charge in [0, 0.05) is 12.0 Å². The molecule has 0 aliphatic rings. The second-order valence-electron chi connectivity index (χ2n) is 4.90. The SMILES string of the molecule is CCC(=O)c1ccc2c(c1)sc(=O)n2Cc1ccccc1. The Kier molecular flexibility index (Phi) is 3.71. The van der Waals surface area contributed by atoms with Gasteiger partial charge in [-0.05, 0) is 23.8 Å². The Morgan fingerprint density at radius 3 is 2.62 bits per heavy atom. The molecule has 3 aromatic rings. The number of hydrogen-bond donors (Lipinski definition) is 0. The smallest absolute Gasteiger partial charge is 0.294 e. The van der Waals surface area contributed by atoms with Crippen LogP contribution < -0.4 is 4.87 Å². The predicted molar refractivity (Wildman–Crippen MR) is 86.3 cm³/mol. The standard InChI is InChI=1S/C17H15NO2S/c1-2-15(19)13-8-9-14-16(10-13)21-17(20)18(14)11-12-6-4-3-5-7-12/h3-10H,2,11H2,1H3. The third-order valence-corrected chi connectivity index (χ3v) is 4.44. The molecular weight excluding hydrogens is 282 g/mol. The van der Waals surface area contributed by atoms with Crippen LogP contribution in [0.3, 0.4) is 0 Å². The minimum atomic E-state index is 0.00921. The molecule has 106 valence electrons. The maximum Gasteiger partial charge on any atom is 0.308 e. The monoisotopic (exact) mass is 297 g/mol. The molecule has 4 heteroatoms. The van der Waals surface area contributed by atoms with Crippen LogP contribution in [-0.4, -0.2) is 10.4 Å². The van der Waals surface area contributed by atoms with E-state index >= 15 is 0 Å². The summed E-state index contributed by atoms with van der Waals surface area (Å²) in [5.41, 5.74) is 2.66. The third-order valence-electron chi connectivity index (χ3n) is 3.49. The molecule has 0 unspecified atom stereocenters. The lowest BCUT2D eigenvalue weighted by Crippen LogP contribution is -2.13. The van der Waals surface area contributed by atoms with Crippen molar-refractivity contribution in [2.75, 3.05) is 0 Å². The molecule has 0 radical (unpaired) electrons. The van der Waals surface area contributed by atoms with Crippen LogP contribution >= 0.6 is 11.3 Å². The largest absolute Gasteiger partial charge is 0.308 e. The molecule has 3 nitrogen and oxygen atoms in total. The first-order chi connectivity index (χ1) is 10.2. The molecular formula is C17H15NO2S. The number of ketones is 1. The molecule has 1 aromatic heterocycles. The van der Waals surface area contributed by atoms with Gasteiger partial charge in [-0.1, -0.05) is 48.6 Å². The number of rotatable bonds is 4. The maximum absolute atomic E-state index is 12.2. The molecule has 2 aromatic carbocycles. The minimum absolute atomic E-state index is 0.00921. The topological polar surface area (TPSA) is 39.1 Å². The summed E-state index contributed by atoms with van der Waals surface area (Å²) < 4.78 is 2.63. The fourth-order valence-corrected chi connectivity index (χ4v) is 3.29. The first kappa shape index (κ1) is 13.8. The van der Waals surface area contributed by atoms with Gasteiger partial charge in [-0.25, -0.2) is 0 Å². The number of hydrogen-bond acceptors (Lipinski definition) is 3. The third kappa shape index (κ3) is 2.67. The first-order valence-corrected chi connectivity index (χ1v) is 7.71. The predicted octanol–water partition coefficient (Wildman–Crippen LogP) is 3.70. The zero-order valence-electron chi connectivity index (χ0n) is 11.7. The Labute approximate surface area is 126 Å². The van der Waals surface area contributed by atoms with Crippen LogP contribution in [0.25, 0.3) is 10.2 Å². The molecule has 0 aliphatic carbocycles. The van der Waals surface area contributed by atoms with Gasteiger partial charge >= 0.3 is 4.87 Å². The summed E-state index contributed by atoms with van der Waals surface area (Å²) >= 11 is 1.20. The highest BCUT2D eigenvalue weighted by atomic mass is 32.1. The van der Waals surface area contributed by atoms with Crippen molar-refractivity contribution in [1.82, 2.24) is 4.57 Å². The van der Waals surface area contributed by atoms with Crippen molar-refractivity contribution in [3.63, 3.8) is 0 Å². The fraction of sp³-hybridized carbons (Fsp3) is 0.176. The van der Waals surface area contributed by atoms with Crippen molar-refractivity contribution in [1.29, 1.82) is 0 Å². The molecule has 0 amide bonds. The van der Waals surface area contributed by atoms with Crippen molar-refractivity contribution in [3.05, 3.63) is 69.3 Å². The van der Waals surface area contributed by atoms with E-state index in [0.29, 0.717) is 18.5 Å². The number of Topliss-reactive ketones (excluding diaryl/α,β-unsaturated/α-hetero) is 1. The van der Waals surface area contributed by atoms with Crippen LogP contribution in [0, 0.1) is 0 Å². The average molecular weight is 297 g/mol. The fourth-order valence-electron chi connectivity index (χ4n) is 2.36. The Morgan fingerprint density at radius 2 is 1.90 bits per heavy atom. The number of aromatic nitrogens is 1. The molecule has 0 bridgehead atoms. The van der Waals surface area contributed by atoms with Crippen molar-refractivity contribution < 1.29 is 4.79 Å². The molecule has 0 saturated heterocycles. The average Bonchev–Trinajstić information content (AvgIpc) is 2.82. The summed E-state index contributed by atoms with van der Waals surface area (Å²) in [7, 11) is 0. The van der Waals surface area contributed by atoms with Gasteiger partial charge in [-0.15, -0.1) is 0 Å². The van der Waals surface area contributed by atoms with Crippen molar-refractivity contribution in [2.24, 2.45) is 0 Å². The molecule has 21 heavy (non-hydrogen) atoms. The lowest BCUT2D eigenvalue weighted by atomic mass is 10.1. The van der Waals surface area contributed by atoms with Crippen LogP contribution in [0.4, 0.5) is 0 Å². The van der Waals surface area contributed by atoms with Gasteiger partial charge < -0.3 is 0 Å². The van der Waals surface area contributed by atoms with Gasteiger partial charge in [0.25, 0.3) is 0 Å². The highest BCUT2D eigenvalue weighted by Gasteiger charge is 2.11. The van der Waals surface area contributed by atoms with E-state index in [0.717, 1.165) is 15.8 Å². The zero-order valence-corrected chi connectivity index (χ0v) is 12.5. The van der Waals surface area contributed by atoms with E-state index in [9.17, 15) is 9.59 Å². The minimum Gasteiger partial charge on any atom is -0.294 e. The van der Waals surface area contributed by atoms with E-state index < -0.39 is 0 Å².